The number of carbonyl (C=O) groups is 2. The second kappa shape index (κ2) is 7.11. The summed E-state index contributed by atoms with van der Waals surface area (Å²) in [6.45, 7) is 6.65. The molecule has 2 saturated heterocycles. The predicted molar refractivity (Wildman–Crippen MR) is 78.1 cm³/mol. The number of carboxylic acids is 1. The van der Waals surface area contributed by atoms with Crippen LogP contribution in [0.15, 0.2) is 0 Å². The lowest BCUT2D eigenvalue weighted by Crippen LogP contribution is -2.50. The van der Waals surface area contributed by atoms with Crippen molar-refractivity contribution in [2.24, 2.45) is 5.92 Å². The molecule has 120 valence electrons. The van der Waals surface area contributed by atoms with E-state index in [1.807, 2.05) is 13.8 Å². The minimum Gasteiger partial charge on any atom is -0.480 e. The van der Waals surface area contributed by atoms with Crippen LogP contribution >= 0.6 is 0 Å². The first kappa shape index (κ1) is 16.1. The highest BCUT2D eigenvalue weighted by atomic mass is 16.6. The standard InChI is InChI=1S/C15H26N2O4/c1-11(2)10-21-15(20)16-8-5-12(6-9-16)17-7-3-4-13(17)14(18)19/h11-13H,3-10H2,1-2H3,(H,18,19). The molecule has 0 radical (unpaired) electrons. The van der Waals surface area contributed by atoms with Crippen molar-refractivity contribution < 1.29 is 19.4 Å². The first-order chi connectivity index (χ1) is 9.99. The number of ether oxygens (including phenoxy) is 1. The molecule has 2 aliphatic rings. The van der Waals surface area contributed by atoms with Gasteiger partial charge in [-0.25, -0.2) is 4.79 Å². The van der Waals surface area contributed by atoms with E-state index in [2.05, 4.69) is 4.90 Å². The fourth-order valence-corrected chi connectivity index (χ4v) is 3.20. The summed E-state index contributed by atoms with van der Waals surface area (Å²) >= 11 is 0. The molecule has 6 heteroatoms. The number of hydrogen-bond acceptors (Lipinski definition) is 4. The fourth-order valence-electron chi connectivity index (χ4n) is 3.20. The molecule has 1 amide bonds. The van der Waals surface area contributed by atoms with Crippen molar-refractivity contribution in [3.8, 4) is 0 Å². The van der Waals surface area contributed by atoms with E-state index in [-0.39, 0.29) is 18.2 Å². The van der Waals surface area contributed by atoms with Crippen LogP contribution in [0.2, 0.25) is 0 Å². The average Bonchev–Trinajstić information content (AvgIpc) is 2.94. The Morgan fingerprint density at radius 2 is 1.86 bits per heavy atom. The molecule has 0 aromatic rings. The lowest BCUT2D eigenvalue weighted by atomic mass is 10.0. The van der Waals surface area contributed by atoms with E-state index in [0.29, 0.717) is 25.6 Å². The topological polar surface area (TPSA) is 70.1 Å². The van der Waals surface area contributed by atoms with Crippen LogP contribution in [0.1, 0.15) is 39.5 Å². The SMILES string of the molecule is CC(C)COC(=O)N1CCC(N2CCCC2C(=O)O)CC1. The highest BCUT2D eigenvalue weighted by molar-refractivity contribution is 5.73. The smallest absolute Gasteiger partial charge is 0.409 e. The van der Waals surface area contributed by atoms with Crippen LogP contribution in [0.25, 0.3) is 0 Å². The normalized spacial score (nSPS) is 24.5. The van der Waals surface area contributed by atoms with Crippen molar-refractivity contribution >= 4 is 12.1 Å². The predicted octanol–water partition coefficient (Wildman–Crippen LogP) is 1.79. The number of likely N-dealkylation sites (tertiary alicyclic amines) is 2. The van der Waals surface area contributed by atoms with Crippen molar-refractivity contribution in [2.75, 3.05) is 26.2 Å². The third-order valence-corrected chi connectivity index (χ3v) is 4.31. The van der Waals surface area contributed by atoms with Gasteiger partial charge in [-0.3, -0.25) is 9.69 Å². The van der Waals surface area contributed by atoms with Crippen molar-refractivity contribution in [3.63, 3.8) is 0 Å². The van der Waals surface area contributed by atoms with E-state index in [4.69, 9.17) is 4.74 Å². The van der Waals surface area contributed by atoms with Crippen molar-refractivity contribution in [2.45, 2.75) is 51.6 Å². The molecule has 0 saturated carbocycles. The Hall–Kier alpha value is -1.30. The third-order valence-electron chi connectivity index (χ3n) is 4.31. The first-order valence-corrected chi connectivity index (χ1v) is 7.89. The molecular formula is C15H26N2O4. The largest absolute Gasteiger partial charge is 0.480 e. The lowest BCUT2D eigenvalue weighted by Gasteiger charge is -2.37. The molecule has 0 bridgehead atoms. The number of amides is 1. The molecule has 2 aliphatic heterocycles. The fraction of sp³-hybridized carbons (Fsp3) is 0.867. The molecule has 21 heavy (non-hydrogen) atoms. The second-order valence-electron chi connectivity index (χ2n) is 6.42. The number of rotatable bonds is 4. The van der Waals surface area contributed by atoms with Crippen LogP contribution in [-0.4, -0.2) is 65.3 Å². The summed E-state index contributed by atoms with van der Waals surface area (Å²) in [4.78, 5) is 27.0. The van der Waals surface area contributed by atoms with Crippen molar-refractivity contribution in [1.29, 1.82) is 0 Å². The van der Waals surface area contributed by atoms with Crippen LogP contribution in [0.4, 0.5) is 4.79 Å². The molecule has 0 spiro atoms. The van der Waals surface area contributed by atoms with Gasteiger partial charge >= 0.3 is 12.1 Å². The summed E-state index contributed by atoms with van der Waals surface area (Å²) < 4.78 is 5.24. The molecular weight excluding hydrogens is 272 g/mol. The number of carbonyl (C=O) groups excluding carboxylic acids is 1. The summed E-state index contributed by atoms with van der Waals surface area (Å²) in [6, 6.07) is -0.0582. The minimum absolute atomic E-state index is 0.238. The van der Waals surface area contributed by atoms with Gasteiger partial charge in [0.1, 0.15) is 6.04 Å². The number of hydrogen-bond donors (Lipinski definition) is 1. The van der Waals surface area contributed by atoms with Gasteiger partial charge in [0.2, 0.25) is 0 Å². The zero-order valence-corrected chi connectivity index (χ0v) is 13.0. The highest BCUT2D eigenvalue weighted by Gasteiger charge is 2.37. The quantitative estimate of drug-likeness (QED) is 0.857. The zero-order chi connectivity index (χ0) is 15.4. The Morgan fingerprint density at radius 1 is 1.19 bits per heavy atom. The van der Waals surface area contributed by atoms with Crippen molar-refractivity contribution in [1.82, 2.24) is 9.80 Å². The molecule has 6 nitrogen and oxygen atoms in total. The molecule has 2 fully saturated rings. The number of piperidine rings is 1. The van der Waals surface area contributed by atoms with Crippen LogP contribution in [-0.2, 0) is 9.53 Å². The van der Waals surface area contributed by atoms with Gasteiger partial charge in [0.25, 0.3) is 0 Å². The van der Waals surface area contributed by atoms with E-state index in [1.165, 1.54) is 0 Å². The molecule has 0 aliphatic carbocycles. The van der Waals surface area contributed by atoms with Gasteiger partial charge in [0.15, 0.2) is 0 Å². The van der Waals surface area contributed by atoms with Crippen LogP contribution in [0.5, 0.6) is 0 Å². The van der Waals surface area contributed by atoms with Gasteiger partial charge in [-0.05, 0) is 38.1 Å². The second-order valence-corrected chi connectivity index (χ2v) is 6.42. The highest BCUT2D eigenvalue weighted by Crippen LogP contribution is 2.26. The number of nitrogens with zero attached hydrogens (tertiary/aromatic N) is 2. The van der Waals surface area contributed by atoms with E-state index in [0.717, 1.165) is 32.2 Å². The average molecular weight is 298 g/mol. The number of aliphatic carboxylic acids is 1. The maximum atomic E-state index is 11.9. The molecule has 0 aromatic heterocycles. The van der Waals surface area contributed by atoms with Crippen LogP contribution in [0, 0.1) is 5.92 Å². The Kier molecular flexibility index (Phi) is 5.45. The van der Waals surface area contributed by atoms with Crippen LogP contribution in [0.3, 0.4) is 0 Å². The number of carboxylic acid groups (broad SMARTS) is 1. The van der Waals surface area contributed by atoms with Gasteiger partial charge in [0.05, 0.1) is 6.61 Å². The van der Waals surface area contributed by atoms with E-state index < -0.39 is 5.97 Å². The van der Waals surface area contributed by atoms with Gasteiger partial charge in [-0.1, -0.05) is 13.8 Å². The minimum atomic E-state index is -0.716. The lowest BCUT2D eigenvalue weighted by molar-refractivity contribution is -0.143. The molecule has 0 aromatic carbocycles. The van der Waals surface area contributed by atoms with Crippen LogP contribution < -0.4 is 0 Å². The molecule has 1 atom stereocenters. The van der Waals surface area contributed by atoms with Gasteiger partial charge < -0.3 is 14.7 Å². The van der Waals surface area contributed by atoms with Gasteiger partial charge in [-0.15, -0.1) is 0 Å². The van der Waals surface area contributed by atoms with E-state index in [9.17, 15) is 14.7 Å². The zero-order valence-electron chi connectivity index (χ0n) is 13.0. The summed E-state index contributed by atoms with van der Waals surface area (Å²) in [5.74, 6) is -0.376. The molecule has 1 N–H and O–H groups in total. The third kappa shape index (κ3) is 4.09. The first-order valence-electron chi connectivity index (χ1n) is 7.89. The summed E-state index contributed by atoms with van der Waals surface area (Å²) in [5.41, 5.74) is 0. The monoisotopic (exact) mass is 298 g/mol. The maximum absolute atomic E-state index is 11.9. The van der Waals surface area contributed by atoms with E-state index in [1.54, 1.807) is 4.90 Å². The maximum Gasteiger partial charge on any atom is 0.409 e. The molecule has 1 unspecified atom stereocenters. The van der Waals surface area contributed by atoms with Gasteiger partial charge in [0, 0.05) is 19.1 Å². The Labute approximate surface area is 126 Å². The summed E-state index contributed by atoms with van der Waals surface area (Å²) in [6.07, 6.45) is 3.12. The van der Waals surface area contributed by atoms with E-state index >= 15 is 0 Å². The Balaban J connectivity index is 1.80. The summed E-state index contributed by atoms with van der Waals surface area (Å²) in [5, 5.41) is 9.25. The summed E-state index contributed by atoms with van der Waals surface area (Å²) in [7, 11) is 0. The van der Waals surface area contributed by atoms with Gasteiger partial charge in [-0.2, -0.15) is 0 Å². The van der Waals surface area contributed by atoms with Crippen molar-refractivity contribution in [3.05, 3.63) is 0 Å². The molecule has 2 heterocycles. The molecule has 2 rings (SSSR count). The Morgan fingerprint density at radius 3 is 2.43 bits per heavy atom. The Bertz CT molecular complexity index is 378.